The minimum absolute atomic E-state index is 0.217. The second-order valence-electron chi connectivity index (χ2n) is 5.26. The van der Waals surface area contributed by atoms with E-state index in [0.29, 0.717) is 11.9 Å². The van der Waals surface area contributed by atoms with Crippen molar-refractivity contribution in [2.45, 2.75) is 13.0 Å². The van der Waals surface area contributed by atoms with Crippen molar-refractivity contribution < 1.29 is 4.39 Å². The Morgan fingerprint density at radius 3 is 2.68 bits per heavy atom. The Kier molecular flexibility index (Phi) is 4.06. The lowest BCUT2D eigenvalue weighted by molar-refractivity contribution is 0.427. The van der Waals surface area contributed by atoms with Gasteiger partial charge in [-0.25, -0.2) is 4.39 Å². The highest BCUT2D eigenvalue weighted by Gasteiger charge is 2.27. The van der Waals surface area contributed by atoms with Gasteiger partial charge in [0, 0.05) is 30.9 Å². The first-order valence-corrected chi connectivity index (χ1v) is 7.29. The lowest BCUT2D eigenvalue weighted by atomic mass is 10.1. The maximum Gasteiger partial charge on any atom is 0.223 e. The molecular formula is C15H19FN6. The molecule has 1 fully saturated rings. The third-order valence-electron chi connectivity index (χ3n) is 3.54. The van der Waals surface area contributed by atoms with Gasteiger partial charge < -0.3 is 21.3 Å². The second-order valence-corrected chi connectivity index (χ2v) is 5.26. The van der Waals surface area contributed by atoms with Crippen LogP contribution in [0.15, 0.2) is 30.3 Å². The number of nitrogen functional groups attached to an aromatic ring is 1. The molecule has 2 heterocycles. The van der Waals surface area contributed by atoms with Crippen molar-refractivity contribution >= 4 is 23.3 Å². The average Bonchev–Trinajstić information content (AvgIpc) is 2.44. The summed E-state index contributed by atoms with van der Waals surface area (Å²) in [6, 6.07) is 8.43. The number of anilines is 4. The van der Waals surface area contributed by atoms with Gasteiger partial charge in [0.25, 0.3) is 0 Å². The molecule has 1 aromatic carbocycles. The summed E-state index contributed by atoms with van der Waals surface area (Å²) in [7, 11) is 0. The first-order valence-electron chi connectivity index (χ1n) is 7.29. The van der Waals surface area contributed by atoms with E-state index in [0.717, 1.165) is 31.1 Å². The van der Waals surface area contributed by atoms with Crippen LogP contribution in [0.3, 0.4) is 0 Å². The molecule has 7 heteroatoms. The molecule has 1 aliphatic rings. The van der Waals surface area contributed by atoms with E-state index in [-0.39, 0.29) is 11.8 Å². The number of rotatable bonds is 5. The van der Waals surface area contributed by atoms with Gasteiger partial charge in [-0.1, -0.05) is 6.92 Å². The van der Waals surface area contributed by atoms with E-state index < -0.39 is 0 Å². The van der Waals surface area contributed by atoms with Crippen molar-refractivity contribution in [3.05, 3.63) is 36.1 Å². The minimum atomic E-state index is -0.275. The smallest absolute Gasteiger partial charge is 0.223 e. The molecule has 4 N–H and O–H groups in total. The second kappa shape index (κ2) is 6.15. The topological polar surface area (TPSA) is 79.1 Å². The summed E-state index contributed by atoms with van der Waals surface area (Å²) in [5.74, 6) is 1.34. The highest BCUT2D eigenvalue weighted by Crippen LogP contribution is 2.24. The molecule has 0 bridgehead atoms. The van der Waals surface area contributed by atoms with Crippen molar-refractivity contribution in [1.82, 2.24) is 15.3 Å². The number of benzene rings is 1. The Hall–Kier alpha value is -2.41. The third kappa shape index (κ3) is 3.25. The summed E-state index contributed by atoms with van der Waals surface area (Å²) < 4.78 is 12.9. The number of nitrogens with zero attached hydrogens (tertiary/aromatic N) is 3. The van der Waals surface area contributed by atoms with Crippen LogP contribution in [0.25, 0.3) is 0 Å². The van der Waals surface area contributed by atoms with Crippen molar-refractivity contribution in [2.75, 3.05) is 35.6 Å². The molecule has 0 amide bonds. The summed E-state index contributed by atoms with van der Waals surface area (Å²) in [6.45, 7) is 4.86. The van der Waals surface area contributed by atoms with E-state index in [1.54, 1.807) is 12.1 Å². The first-order chi connectivity index (χ1) is 10.6. The molecule has 0 unspecified atom stereocenters. The quantitative estimate of drug-likeness (QED) is 0.781. The van der Waals surface area contributed by atoms with Gasteiger partial charge in [0.2, 0.25) is 5.95 Å². The number of likely N-dealkylation sites (N-methyl/N-ethyl adjacent to an activating group) is 1. The maximum atomic E-state index is 12.9. The van der Waals surface area contributed by atoms with Gasteiger partial charge in [0.05, 0.1) is 0 Å². The van der Waals surface area contributed by atoms with Crippen LogP contribution in [0.2, 0.25) is 0 Å². The summed E-state index contributed by atoms with van der Waals surface area (Å²) >= 11 is 0. The molecule has 116 valence electrons. The number of hydrogen-bond donors (Lipinski definition) is 3. The van der Waals surface area contributed by atoms with Crippen molar-refractivity contribution in [2.24, 2.45) is 0 Å². The van der Waals surface area contributed by atoms with Gasteiger partial charge in [-0.05, 0) is 30.8 Å². The summed E-state index contributed by atoms with van der Waals surface area (Å²) in [6.07, 6.45) is 0. The van der Waals surface area contributed by atoms with Crippen LogP contribution in [-0.4, -0.2) is 35.6 Å². The predicted octanol–water partition coefficient (Wildman–Crippen LogP) is 1.74. The number of hydrogen-bond acceptors (Lipinski definition) is 6. The highest BCUT2D eigenvalue weighted by molar-refractivity contribution is 5.61. The molecule has 6 nitrogen and oxygen atoms in total. The number of nitrogens with one attached hydrogen (secondary N) is 2. The molecular weight excluding hydrogens is 283 g/mol. The zero-order valence-corrected chi connectivity index (χ0v) is 12.4. The monoisotopic (exact) mass is 302 g/mol. The molecule has 0 aliphatic carbocycles. The van der Waals surface area contributed by atoms with Crippen molar-refractivity contribution in [3.8, 4) is 0 Å². The first kappa shape index (κ1) is 14.5. The van der Waals surface area contributed by atoms with E-state index in [1.807, 2.05) is 6.07 Å². The molecule has 22 heavy (non-hydrogen) atoms. The van der Waals surface area contributed by atoms with Crippen LogP contribution in [-0.2, 0) is 0 Å². The molecule has 2 aromatic rings. The Balaban J connectivity index is 1.72. The fourth-order valence-corrected chi connectivity index (χ4v) is 2.44. The minimum Gasteiger partial charge on any atom is -0.368 e. The van der Waals surface area contributed by atoms with Gasteiger partial charge >= 0.3 is 0 Å². The van der Waals surface area contributed by atoms with Crippen LogP contribution in [0.4, 0.5) is 27.7 Å². The van der Waals surface area contributed by atoms with E-state index in [4.69, 9.17) is 5.73 Å². The fourth-order valence-electron chi connectivity index (χ4n) is 2.44. The van der Waals surface area contributed by atoms with Gasteiger partial charge in [-0.2, -0.15) is 9.97 Å². The molecule has 0 spiro atoms. The Morgan fingerprint density at radius 1 is 1.27 bits per heavy atom. The lowest BCUT2D eigenvalue weighted by Gasteiger charge is -2.40. The predicted molar refractivity (Wildman–Crippen MR) is 85.8 cm³/mol. The zero-order valence-electron chi connectivity index (χ0n) is 12.4. The van der Waals surface area contributed by atoms with Crippen molar-refractivity contribution in [3.63, 3.8) is 0 Å². The van der Waals surface area contributed by atoms with Gasteiger partial charge in [-0.3, -0.25) is 0 Å². The maximum absolute atomic E-state index is 12.9. The average molecular weight is 302 g/mol. The van der Waals surface area contributed by atoms with E-state index in [1.165, 1.54) is 12.1 Å². The molecule has 3 rings (SSSR count). The molecule has 0 radical (unpaired) electrons. The van der Waals surface area contributed by atoms with Crippen molar-refractivity contribution in [1.29, 1.82) is 0 Å². The summed E-state index contributed by atoms with van der Waals surface area (Å²) in [5.41, 5.74) is 6.53. The number of nitrogens with two attached hydrogens (primary N) is 1. The Bertz CT molecular complexity index is 639. The molecule has 1 saturated heterocycles. The highest BCUT2D eigenvalue weighted by atomic mass is 19.1. The Morgan fingerprint density at radius 2 is 2.00 bits per heavy atom. The SMILES string of the molecule is CCNC1CN(c2cc(Nc3ccc(F)cc3)nc(N)n2)C1. The Labute approximate surface area is 128 Å². The van der Waals surface area contributed by atoms with Crippen LogP contribution in [0.5, 0.6) is 0 Å². The van der Waals surface area contributed by atoms with E-state index in [2.05, 4.69) is 32.4 Å². The summed E-state index contributed by atoms with van der Waals surface area (Å²) in [4.78, 5) is 10.6. The van der Waals surface area contributed by atoms with Crippen LogP contribution in [0, 0.1) is 5.82 Å². The molecule has 0 atom stereocenters. The molecule has 1 aliphatic heterocycles. The van der Waals surface area contributed by atoms with E-state index in [9.17, 15) is 4.39 Å². The third-order valence-corrected chi connectivity index (χ3v) is 3.54. The van der Waals surface area contributed by atoms with Crippen LogP contribution < -0.4 is 21.3 Å². The number of aromatic nitrogens is 2. The number of halogens is 1. The normalized spacial score (nSPS) is 14.7. The molecule has 0 saturated carbocycles. The largest absolute Gasteiger partial charge is 0.368 e. The summed E-state index contributed by atoms with van der Waals surface area (Å²) in [5, 5.41) is 6.50. The fraction of sp³-hybridized carbons (Fsp3) is 0.333. The molecule has 1 aromatic heterocycles. The lowest BCUT2D eigenvalue weighted by Crippen LogP contribution is -2.58. The van der Waals surface area contributed by atoms with Gasteiger partial charge in [0.15, 0.2) is 0 Å². The van der Waals surface area contributed by atoms with E-state index >= 15 is 0 Å². The van der Waals surface area contributed by atoms with Crippen LogP contribution in [0.1, 0.15) is 6.92 Å². The van der Waals surface area contributed by atoms with Gasteiger partial charge in [-0.15, -0.1) is 0 Å². The van der Waals surface area contributed by atoms with Gasteiger partial charge in [0.1, 0.15) is 17.5 Å². The standard InChI is InChI=1S/C15H19FN6/c1-2-18-12-8-22(9-12)14-7-13(20-15(17)21-14)19-11-5-3-10(16)4-6-11/h3-7,12,18H,2,8-9H2,1H3,(H3,17,19,20,21). The van der Waals surface area contributed by atoms with Crippen LogP contribution >= 0.6 is 0 Å². The zero-order chi connectivity index (χ0) is 15.5.